The molecule has 0 spiro atoms. The summed E-state index contributed by atoms with van der Waals surface area (Å²) >= 11 is 3.20. The minimum atomic E-state index is -3.85. The summed E-state index contributed by atoms with van der Waals surface area (Å²) in [7, 11) is -3.85. The highest BCUT2D eigenvalue weighted by atomic mass is 79.9. The van der Waals surface area contributed by atoms with Gasteiger partial charge in [0.05, 0.1) is 20.8 Å². The lowest BCUT2D eigenvalue weighted by molar-refractivity contribution is -0.129. The Balaban J connectivity index is 1.61. The number of aryl methyl sites for hydroxylation is 1. The van der Waals surface area contributed by atoms with E-state index in [1.54, 1.807) is 18.2 Å². The fourth-order valence-corrected chi connectivity index (χ4v) is 7.02. The van der Waals surface area contributed by atoms with Gasteiger partial charge >= 0.3 is 0 Å². The average molecular weight is 602 g/mol. The van der Waals surface area contributed by atoms with Gasteiger partial charge < -0.3 is 5.32 Å². The van der Waals surface area contributed by atoms with Crippen LogP contribution in [0.15, 0.2) is 76.1 Å². The van der Waals surface area contributed by atoms with Gasteiger partial charge in [-0.1, -0.05) is 42.5 Å². The first-order chi connectivity index (χ1) is 18.0. The molecule has 0 bridgehead atoms. The zero-order valence-electron chi connectivity index (χ0n) is 21.5. The molecule has 3 aromatic carbocycles. The highest BCUT2D eigenvalue weighted by Gasteiger charge is 2.45. The Hall–Kier alpha value is -2.88. The molecule has 0 saturated carbocycles. The predicted octanol–water partition coefficient (Wildman–Crippen LogP) is 5.70. The van der Waals surface area contributed by atoms with E-state index in [4.69, 9.17) is 0 Å². The van der Waals surface area contributed by atoms with Gasteiger partial charge in [-0.25, -0.2) is 12.8 Å². The van der Waals surface area contributed by atoms with E-state index in [0.29, 0.717) is 15.6 Å². The van der Waals surface area contributed by atoms with Gasteiger partial charge in [0.25, 0.3) is 0 Å². The van der Waals surface area contributed by atoms with Crippen LogP contribution in [0.5, 0.6) is 0 Å². The molecule has 1 heterocycles. The van der Waals surface area contributed by atoms with Crippen molar-refractivity contribution in [2.75, 3.05) is 13.1 Å². The molecule has 1 N–H and O–H groups in total. The average Bonchev–Trinajstić information content (AvgIpc) is 2.91. The summed E-state index contributed by atoms with van der Waals surface area (Å²) in [5.74, 6) is -0.846. The molecular weight excluding hydrogens is 571 g/mol. The molecule has 1 aliphatic heterocycles. The Morgan fingerprint density at radius 2 is 1.68 bits per heavy atom. The van der Waals surface area contributed by atoms with Gasteiger partial charge in [0.2, 0.25) is 15.9 Å². The van der Waals surface area contributed by atoms with E-state index >= 15 is 0 Å². The lowest BCUT2D eigenvalue weighted by atomic mass is 9.72. The number of sulfonamides is 1. The third kappa shape index (κ3) is 5.46. The van der Waals surface area contributed by atoms with Crippen molar-refractivity contribution in [3.8, 4) is 0 Å². The van der Waals surface area contributed by atoms with Gasteiger partial charge in [0.1, 0.15) is 5.82 Å². The number of Topliss-reactive ketones (excluding diaryl/α,β-unsaturated/α-hetero) is 1. The van der Waals surface area contributed by atoms with Crippen molar-refractivity contribution in [2.24, 2.45) is 0 Å². The van der Waals surface area contributed by atoms with Crippen LogP contribution in [0.25, 0.3) is 0 Å². The van der Waals surface area contributed by atoms with Gasteiger partial charge in [0.15, 0.2) is 5.78 Å². The summed E-state index contributed by atoms with van der Waals surface area (Å²) in [6.07, 6.45) is 0.545. The minimum absolute atomic E-state index is 0.0585. The Kier molecular flexibility index (Phi) is 8.20. The summed E-state index contributed by atoms with van der Waals surface area (Å²) in [5, 5.41) is 3.07. The van der Waals surface area contributed by atoms with Crippen LogP contribution in [0.1, 0.15) is 59.8 Å². The summed E-state index contributed by atoms with van der Waals surface area (Å²) in [4.78, 5) is 25.7. The Bertz CT molecular complexity index is 1470. The SMILES string of the molecule is CC(=O)c1cccc(S(=O)(=O)N2CCC(C(=O)N[C@@H](C)c3cc(F)c(Br)cc3C)(c3ccccc3)CC2)c1. The van der Waals surface area contributed by atoms with Crippen molar-refractivity contribution in [3.63, 3.8) is 0 Å². The second-order valence-electron chi connectivity index (χ2n) is 9.75. The quantitative estimate of drug-likeness (QED) is 0.353. The normalized spacial score (nSPS) is 16.6. The summed E-state index contributed by atoms with van der Waals surface area (Å²) in [6, 6.07) is 18.0. The minimum Gasteiger partial charge on any atom is -0.349 e. The topological polar surface area (TPSA) is 83.6 Å². The van der Waals surface area contributed by atoms with Crippen molar-refractivity contribution in [3.05, 3.63) is 99.3 Å². The fourth-order valence-electron chi connectivity index (χ4n) is 5.08. The van der Waals surface area contributed by atoms with Gasteiger partial charge in [0, 0.05) is 18.7 Å². The molecule has 4 rings (SSSR count). The number of halogens is 2. The van der Waals surface area contributed by atoms with E-state index in [0.717, 1.165) is 11.1 Å². The number of hydrogen-bond donors (Lipinski definition) is 1. The lowest BCUT2D eigenvalue weighted by Gasteiger charge is -2.41. The third-order valence-electron chi connectivity index (χ3n) is 7.34. The van der Waals surface area contributed by atoms with Gasteiger partial charge in [-0.05, 0) is 90.5 Å². The maximum absolute atomic E-state index is 14.3. The molecule has 1 saturated heterocycles. The number of nitrogens with zero attached hydrogens (tertiary/aromatic N) is 1. The summed E-state index contributed by atoms with van der Waals surface area (Å²) in [6.45, 7) is 5.34. The van der Waals surface area contributed by atoms with Crippen LogP contribution in [0.2, 0.25) is 0 Å². The van der Waals surface area contributed by atoms with Crippen LogP contribution in [-0.2, 0) is 20.2 Å². The van der Waals surface area contributed by atoms with E-state index in [2.05, 4.69) is 21.2 Å². The number of hydrogen-bond acceptors (Lipinski definition) is 4. The van der Waals surface area contributed by atoms with Crippen LogP contribution >= 0.6 is 15.9 Å². The van der Waals surface area contributed by atoms with Crippen LogP contribution in [-0.4, -0.2) is 37.5 Å². The molecule has 38 heavy (non-hydrogen) atoms. The van der Waals surface area contributed by atoms with Crippen LogP contribution in [0, 0.1) is 12.7 Å². The number of carbonyl (C=O) groups is 2. The summed E-state index contributed by atoms with van der Waals surface area (Å²) < 4.78 is 42.8. The molecule has 6 nitrogen and oxygen atoms in total. The number of carbonyl (C=O) groups excluding carboxylic acids is 2. The molecule has 1 aliphatic rings. The first-order valence-electron chi connectivity index (χ1n) is 12.4. The molecule has 0 radical (unpaired) electrons. The highest BCUT2D eigenvalue weighted by molar-refractivity contribution is 9.10. The Labute approximate surface area is 231 Å². The molecule has 0 unspecified atom stereocenters. The smallest absolute Gasteiger partial charge is 0.243 e. The van der Waals surface area contributed by atoms with Crippen LogP contribution < -0.4 is 5.32 Å². The zero-order valence-corrected chi connectivity index (χ0v) is 23.9. The second kappa shape index (κ2) is 11.1. The molecule has 0 aromatic heterocycles. The molecular formula is C29H30BrFN2O4S. The molecule has 1 fully saturated rings. The number of piperidine rings is 1. The van der Waals surface area contributed by atoms with E-state index in [1.165, 1.54) is 29.4 Å². The van der Waals surface area contributed by atoms with Crippen molar-refractivity contribution < 1.29 is 22.4 Å². The van der Waals surface area contributed by atoms with Crippen LogP contribution in [0.3, 0.4) is 0 Å². The maximum atomic E-state index is 14.3. The highest BCUT2D eigenvalue weighted by Crippen LogP contribution is 2.38. The molecule has 1 amide bonds. The number of rotatable bonds is 7. The molecule has 3 aromatic rings. The predicted molar refractivity (Wildman–Crippen MR) is 148 cm³/mol. The van der Waals surface area contributed by atoms with Crippen molar-refractivity contribution >= 4 is 37.6 Å². The third-order valence-corrected chi connectivity index (χ3v) is 9.84. The Morgan fingerprint density at radius 3 is 2.32 bits per heavy atom. The standard InChI is InChI=1S/C29H30BrFN2O4S/c1-19-16-26(30)27(31)18-25(19)20(2)32-28(35)29(23-9-5-4-6-10-23)12-14-33(15-13-29)38(36,37)24-11-7-8-22(17-24)21(3)34/h4-11,16-18,20H,12-15H2,1-3H3,(H,32,35)/t20-/m0/s1. The van der Waals surface area contributed by atoms with E-state index in [9.17, 15) is 22.4 Å². The molecule has 0 aliphatic carbocycles. The second-order valence-corrected chi connectivity index (χ2v) is 12.5. The summed E-state index contributed by atoms with van der Waals surface area (Å²) in [5.41, 5.74) is 1.69. The monoisotopic (exact) mass is 600 g/mol. The molecule has 9 heteroatoms. The number of benzene rings is 3. The maximum Gasteiger partial charge on any atom is 0.243 e. The number of nitrogens with one attached hydrogen (secondary N) is 1. The van der Waals surface area contributed by atoms with Gasteiger partial charge in [-0.3, -0.25) is 9.59 Å². The Morgan fingerprint density at radius 1 is 1.03 bits per heavy atom. The number of ketones is 1. The van der Waals surface area contributed by atoms with E-state index < -0.39 is 27.3 Å². The largest absolute Gasteiger partial charge is 0.349 e. The first-order valence-corrected chi connectivity index (χ1v) is 14.6. The van der Waals surface area contributed by atoms with E-state index in [1.807, 2.05) is 44.2 Å². The number of amides is 1. The molecule has 200 valence electrons. The first kappa shape index (κ1) is 28.1. The van der Waals surface area contributed by atoms with Crippen molar-refractivity contribution in [2.45, 2.75) is 50.0 Å². The lowest BCUT2D eigenvalue weighted by Crippen LogP contribution is -2.53. The molecule has 1 atom stereocenters. The van der Waals surface area contributed by atoms with Crippen molar-refractivity contribution in [1.82, 2.24) is 9.62 Å². The zero-order chi connectivity index (χ0) is 27.7. The van der Waals surface area contributed by atoms with Gasteiger partial charge in [-0.15, -0.1) is 0 Å². The van der Waals surface area contributed by atoms with E-state index in [-0.39, 0.29) is 42.5 Å². The van der Waals surface area contributed by atoms with Gasteiger partial charge in [-0.2, -0.15) is 4.31 Å². The fraction of sp³-hybridized carbons (Fsp3) is 0.310. The van der Waals surface area contributed by atoms with Crippen LogP contribution in [0.4, 0.5) is 4.39 Å². The van der Waals surface area contributed by atoms with Crippen molar-refractivity contribution in [1.29, 1.82) is 0 Å².